The second kappa shape index (κ2) is 8.33. The Hall–Kier alpha value is -0.990. The molecule has 1 saturated carbocycles. The summed E-state index contributed by atoms with van der Waals surface area (Å²) in [6, 6.07) is 6.80. The van der Waals surface area contributed by atoms with E-state index in [1.807, 2.05) is 18.2 Å². The van der Waals surface area contributed by atoms with Crippen molar-refractivity contribution in [3.63, 3.8) is 0 Å². The van der Waals surface area contributed by atoms with E-state index in [2.05, 4.69) is 18.0 Å². The highest BCUT2D eigenvalue weighted by Crippen LogP contribution is 2.26. The van der Waals surface area contributed by atoms with Gasteiger partial charge < -0.3 is 10.1 Å². The molecular formula is C17H24ClNO. The topological polar surface area (TPSA) is 21.3 Å². The lowest BCUT2D eigenvalue weighted by molar-refractivity contribution is 0.305. The van der Waals surface area contributed by atoms with Gasteiger partial charge in [-0.3, -0.25) is 0 Å². The van der Waals surface area contributed by atoms with Crippen LogP contribution in [-0.2, 0) is 6.54 Å². The zero-order chi connectivity index (χ0) is 14.2. The van der Waals surface area contributed by atoms with E-state index in [0.29, 0.717) is 5.02 Å². The number of rotatable bonds is 10. The number of hydrogen-bond donors (Lipinski definition) is 1. The van der Waals surface area contributed by atoms with E-state index in [1.54, 1.807) is 0 Å². The van der Waals surface area contributed by atoms with Crippen LogP contribution in [0.5, 0.6) is 5.75 Å². The summed E-state index contributed by atoms with van der Waals surface area (Å²) in [5, 5.41) is 4.20. The van der Waals surface area contributed by atoms with Crippen LogP contribution in [-0.4, -0.2) is 12.6 Å². The van der Waals surface area contributed by atoms with Crippen molar-refractivity contribution in [3.8, 4) is 5.75 Å². The van der Waals surface area contributed by atoms with Gasteiger partial charge in [0.05, 0.1) is 11.6 Å². The summed E-state index contributed by atoms with van der Waals surface area (Å²) in [6.07, 6.45) is 9.09. The van der Waals surface area contributed by atoms with Crippen LogP contribution in [0.1, 0.15) is 44.1 Å². The molecule has 0 atom stereocenters. The number of hydrogen-bond acceptors (Lipinski definition) is 2. The summed E-state index contributed by atoms with van der Waals surface area (Å²) < 4.78 is 5.73. The van der Waals surface area contributed by atoms with Crippen molar-refractivity contribution in [1.29, 1.82) is 0 Å². The SMILES string of the molecule is C=CCCCCCOc1ccc(CNC2CC2)cc1Cl. The van der Waals surface area contributed by atoms with Crippen LogP contribution in [0.2, 0.25) is 5.02 Å². The summed E-state index contributed by atoms with van der Waals surface area (Å²) in [5.74, 6) is 0.797. The van der Waals surface area contributed by atoms with Crippen LogP contribution in [0.15, 0.2) is 30.9 Å². The fourth-order valence-electron chi connectivity index (χ4n) is 2.07. The van der Waals surface area contributed by atoms with Gasteiger partial charge in [-0.2, -0.15) is 0 Å². The standard InChI is InChI=1S/C17H24ClNO/c1-2-3-4-5-6-11-20-17-10-7-14(12-16(17)18)13-19-15-8-9-15/h2,7,10,12,15,19H,1,3-6,8-9,11,13H2. The number of ether oxygens (including phenoxy) is 1. The lowest BCUT2D eigenvalue weighted by atomic mass is 10.2. The molecule has 20 heavy (non-hydrogen) atoms. The van der Waals surface area contributed by atoms with Gasteiger partial charge in [0, 0.05) is 12.6 Å². The Bertz CT molecular complexity index is 429. The monoisotopic (exact) mass is 293 g/mol. The molecule has 1 aliphatic carbocycles. The molecule has 0 aliphatic heterocycles. The fourth-order valence-corrected chi connectivity index (χ4v) is 2.33. The fraction of sp³-hybridized carbons (Fsp3) is 0.529. The molecule has 0 radical (unpaired) electrons. The van der Waals surface area contributed by atoms with E-state index >= 15 is 0 Å². The zero-order valence-electron chi connectivity index (χ0n) is 12.0. The molecule has 0 aromatic heterocycles. The first-order chi connectivity index (χ1) is 9.79. The molecule has 0 saturated heterocycles. The van der Waals surface area contributed by atoms with Crippen LogP contribution in [0.4, 0.5) is 0 Å². The van der Waals surface area contributed by atoms with Crippen molar-refractivity contribution < 1.29 is 4.74 Å². The molecule has 0 unspecified atom stereocenters. The van der Waals surface area contributed by atoms with Gasteiger partial charge in [-0.1, -0.05) is 23.7 Å². The molecule has 2 rings (SSSR count). The van der Waals surface area contributed by atoms with Gasteiger partial charge in [-0.25, -0.2) is 0 Å². The van der Waals surface area contributed by atoms with Crippen molar-refractivity contribution in [1.82, 2.24) is 5.32 Å². The second-order valence-corrected chi connectivity index (χ2v) is 5.81. The zero-order valence-corrected chi connectivity index (χ0v) is 12.8. The predicted octanol–water partition coefficient (Wildman–Crippen LogP) is 4.72. The van der Waals surface area contributed by atoms with Gasteiger partial charge in [-0.05, 0) is 56.2 Å². The normalized spacial score (nSPS) is 14.2. The molecule has 1 aromatic rings. The highest BCUT2D eigenvalue weighted by atomic mass is 35.5. The molecule has 1 aliphatic rings. The van der Waals surface area contributed by atoms with Gasteiger partial charge in [0.25, 0.3) is 0 Å². The van der Waals surface area contributed by atoms with Crippen molar-refractivity contribution in [2.75, 3.05) is 6.61 Å². The van der Waals surface area contributed by atoms with Crippen LogP contribution in [0.25, 0.3) is 0 Å². The molecule has 110 valence electrons. The summed E-state index contributed by atoms with van der Waals surface area (Å²) in [5.41, 5.74) is 1.22. The molecule has 0 bridgehead atoms. The third-order valence-electron chi connectivity index (χ3n) is 3.48. The molecule has 1 fully saturated rings. The third kappa shape index (κ3) is 5.56. The molecule has 2 nitrogen and oxygen atoms in total. The maximum Gasteiger partial charge on any atom is 0.137 e. The second-order valence-electron chi connectivity index (χ2n) is 5.41. The van der Waals surface area contributed by atoms with E-state index in [-0.39, 0.29) is 0 Å². The summed E-state index contributed by atoms with van der Waals surface area (Å²) in [6.45, 7) is 5.35. The van der Waals surface area contributed by atoms with E-state index in [1.165, 1.54) is 31.2 Å². The quantitative estimate of drug-likeness (QED) is 0.498. The summed E-state index contributed by atoms with van der Waals surface area (Å²) in [7, 11) is 0. The Morgan fingerprint density at radius 3 is 2.85 bits per heavy atom. The number of allylic oxidation sites excluding steroid dienone is 1. The molecular weight excluding hydrogens is 270 g/mol. The highest BCUT2D eigenvalue weighted by molar-refractivity contribution is 6.32. The smallest absolute Gasteiger partial charge is 0.137 e. The Morgan fingerprint density at radius 1 is 1.30 bits per heavy atom. The summed E-state index contributed by atoms with van der Waals surface area (Å²) in [4.78, 5) is 0. The van der Waals surface area contributed by atoms with E-state index in [0.717, 1.165) is 37.8 Å². The van der Waals surface area contributed by atoms with Crippen molar-refractivity contribution in [2.45, 2.75) is 51.1 Å². The first-order valence-electron chi connectivity index (χ1n) is 7.55. The molecule has 1 aromatic carbocycles. The van der Waals surface area contributed by atoms with E-state index in [4.69, 9.17) is 16.3 Å². The van der Waals surface area contributed by atoms with Gasteiger partial charge >= 0.3 is 0 Å². The molecule has 3 heteroatoms. The summed E-state index contributed by atoms with van der Waals surface area (Å²) >= 11 is 6.26. The van der Waals surface area contributed by atoms with Crippen molar-refractivity contribution in [2.24, 2.45) is 0 Å². The minimum absolute atomic E-state index is 0.714. The third-order valence-corrected chi connectivity index (χ3v) is 3.77. The van der Waals surface area contributed by atoms with E-state index < -0.39 is 0 Å². The first-order valence-corrected chi connectivity index (χ1v) is 7.93. The number of benzene rings is 1. The molecule has 0 heterocycles. The maximum absolute atomic E-state index is 6.26. The van der Waals surface area contributed by atoms with Gasteiger partial charge in [-0.15, -0.1) is 6.58 Å². The molecule has 0 amide bonds. The number of halogens is 1. The average molecular weight is 294 g/mol. The molecule has 1 N–H and O–H groups in total. The maximum atomic E-state index is 6.26. The van der Waals surface area contributed by atoms with Gasteiger partial charge in [0.15, 0.2) is 0 Å². The molecule has 0 spiro atoms. The minimum atomic E-state index is 0.714. The average Bonchev–Trinajstić information content (AvgIpc) is 3.26. The van der Waals surface area contributed by atoms with Crippen LogP contribution in [0.3, 0.4) is 0 Å². The largest absolute Gasteiger partial charge is 0.492 e. The number of nitrogens with one attached hydrogen (secondary N) is 1. The minimum Gasteiger partial charge on any atom is -0.492 e. The van der Waals surface area contributed by atoms with Crippen LogP contribution in [0, 0.1) is 0 Å². The number of unbranched alkanes of at least 4 members (excludes halogenated alkanes) is 3. The predicted molar refractivity (Wildman–Crippen MR) is 85.5 cm³/mol. The Morgan fingerprint density at radius 2 is 2.15 bits per heavy atom. The van der Waals surface area contributed by atoms with Crippen molar-refractivity contribution >= 4 is 11.6 Å². The van der Waals surface area contributed by atoms with Crippen molar-refractivity contribution in [3.05, 3.63) is 41.4 Å². The Kier molecular flexibility index (Phi) is 6.41. The van der Waals surface area contributed by atoms with Crippen LogP contribution >= 0.6 is 11.6 Å². The lowest BCUT2D eigenvalue weighted by Crippen LogP contribution is -2.15. The van der Waals surface area contributed by atoms with Gasteiger partial charge in [0.2, 0.25) is 0 Å². The van der Waals surface area contributed by atoms with Crippen LogP contribution < -0.4 is 10.1 Å². The first kappa shape index (κ1) is 15.4. The highest BCUT2D eigenvalue weighted by Gasteiger charge is 2.19. The Labute approximate surface area is 127 Å². The Balaban J connectivity index is 1.69. The lowest BCUT2D eigenvalue weighted by Gasteiger charge is -2.10. The van der Waals surface area contributed by atoms with E-state index in [9.17, 15) is 0 Å². The van der Waals surface area contributed by atoms with Gasteiger partial charge in [0.1, 0.15) is 5.75 Å².